The molecule has 2 heterocycles. The Balaban J connectivity index is 2.32. The first-order valence-electron chi connectivity index (χ1n) is 6.47. The van der Waals surface area contributed by atoms with Gasteiger partial charge < -0.3 is 9.15 Å². The molecule has 2 rings (SSSR count). The Labute approximate surface area is 109 Å². The molecule has 1 aliphatic rings. The Morgan fingerprint density at radius 3 is 2.44 bits per heavy atom. The maximum absolute atomic E-state index is 6.13. The summed E-state index contributed by atoms with van der Waals surface area (Å²) in [5.74, 6) is 6.95. The van der Waals surface area contributed by atoms with E-state index in [1.54, 1.807) is 6.26 Å². The molecule has 3 N–H and O–H groups in total. The van der Waals surface area contributed by atoms with Crippen molar-refractivity contribution in [2.24, 2.45) is 11.8 Å². The van der Waals surface area contributed by atoms with Crippen LogP contribution in [0.1, 0.15) is 51.5 Å². The highest BCUT2D eigenvalue weighted by Crippen LogP contribution is 2.47. The van der Waals surface area contributed by atoms with Gasteiger partial charge in [-0.05, 0) is 52.7 Å². The third-order valence-corrected chi connectivity index (χ3v) is 3.91. The van der Waals surface area contributed by atoms with E-state index in [4.69, 9.17) is 15.0 Å². The van der Waals surface area contributed by atoms with Crippen molar-refractivity contribution in [3.05, 3.63) is 23.7 Å². The molecule has 1 saturated heterocycles. The molecule has 1 fully saturated rings. The van der Waals surface area contributed by atoms with Crippen molar-refractivity contribution in [2.75, 3.05) is 0 Å². The highest BCUT2D eigenvalue weighted by Gasteiger charge is 2.50. The summed E-state index contributed by atoms with van der Waals surface area (Å²) in [5, 5.41) is 0. The normalized spacial score (nSPS) is 27.3. The second kappa shape index (κ2) is 4.37. The van der Waals surface area contributed by atoms with Crippen LogP contribution >= 0.6 is 0 Å². The lowest BCUT2D eigenvalue weighted by Crippen LogP contribution is -2.41. The second-order valence-corrected chi connectivity index (χ2v) is 6.39. The Hall–Kier alpha value is -0.840. The summed E-state index contributed by atoms with van der Waals surface area (Å²) in [6.07, 6.45) is 2.66. The fraction of sp³-hybridized carbons (Fsp3) is 0.714. The average molecular weight is 252 g/mol. The standard InChI is InChI=1S/C14H24N2O2/c1-9-6-7-17-12(9)11(16-15)10-8-13(2,3)18-14(10,4)5/h6-7,10-11,16H,8,15H2,1-5H3. The van der Waals surface area contributed by atoms with E-state index in [-0.39, 0.29) is 23.2 Å². The molecule has 0 aliphatic carbocycles. The van der Waals surface area contributed by atoms with Crippen LogP contribution in [0.4, 0.5) is 0 Å². The Morgan fingerprint density at radius 1 is 1.39 bits per heavy atom. The summed E-state index contributed by atoms with van der Waals surface area (Å²) < 4.78 is 11.7. The average Bonchev–Trinajstić information content (AvgIpc) is 2.71. The minimum Gasteiger partial charge on any atom is -0.467 e. The molecule has 0 radical (unpaired) electrons. The van der Waals surface area contributed by atoms with E-state index in [0.717, 1.165) is 17.7 Å². The highest BCUT2D eigenvalue weighted by molar-refractivity contribution is 5.20. The van der Waals surface area contributed by atoms with Crippen molar-refractivity contribution in [3.8, 4) is 0 Å². The van der Waals surface area contributed by atoms with Gasteiger partial charge in [-0.2, -0.15) is 0 Å². The van der Waals surface area contributed by atoms with Crippen LogP contribution in [0.2, 0.25) is 0 Å². The van der Waals surface area contributed by atoms with Gasteiger partial charge in [0, 0.05) is 5.92 Å². The van der Waals surface area contributed by atoms with Crippen LogP contribution < -0.4 is 11.3 Å². The SMILES string of the molecule is Cc1ccoc1C(NN)C1CC(C)(C)OC1(C)C. The van der Waals surface area contributed by atoms with Crippen molar-refractivity contribution >= 4 is 0 Å². The number of ether oxygens (including phenoxy) is 1. The summed E-state index contributed by atoms with van der Waals surface area (Å²) in [5.41, 5.74) is 3.69. The topological polar surface area (TPSA) is 60.4 Å². The van der Waals surface area contributed by atoms with Gasteiger partial charge in [0.2, 0.25) is 0 Å². The Kier molecular flexibility index (Phi) is 3.30. The number of aryl methyl sites for hydroxylation is 1. The van der Waals surface area contributed by atoms with Crippen LogP contribution in [0, 0.1) is 12.8 Å². The quantitative estimate of drug-likeness (QED) is 0.641. The first-order valence-corrected chi connectivity index (χ1v) is 6.47. The molecule has 0 spiro atoms. The number of hydrogen-bond donors (Lipinski definition) is 2. The van der Waals surface area contributed by atoms with Gasteiger partial charge in [0.1, 0.15) is 5.76 Å². The van der Waals surface area contributed by atoms with Crippen molar-refractivity contribution in [1.82, 2.24) is 5.43 Å². The van der Waals surface area contributed by atoms with Crippen molar-refractivity contribution in [2.45, 2.75) is 58.3 Å². The molecule has 102 valence electrons. The van der Waals surface area contributed by atoms with Crippen LogP contribution in [-0.2, 0) is 4.74 Å². The molecule has 4 heteroatoms. The second-order valence-electron chi connectivity index (χ2n) is 6.39. The molecular formula is C14H24N2O2. The van der Waals surface area contributed by atoms with E-state index >= 15 is 0 Å². The van der Waals surface area contributed by atoms with Gasteiger partial charge in [-0.25, -0.2) is 5.43 Å². The fourth-order valence-electron chi connectivity index (χ4n) is 3.20. The molecule has 1 aromatic heterocycles. The number of hydrogen-bond acceptors (Lipinski definition) is 4. The smallest absolute Gasteiger partial charge is 0.125 e. The monoisotopic (exact) mass is 252 g/mol. The Bertz CT molecular complexity index is 423. The molecular weight excluding hydrogens is 228 g/mol. The molecule has 0 saturated carbocycles. The highest BCUT2D eigenvalue weighted by atomic mass is 16.5. The van der Waals surface area contributed by atoms with Crippen LogP contribution in [0.5, 0.6) is 0 Å². The first kappa shape index (κ1) is 13.6. The predicted molar refractivity (Wildman–Crippen MR) is 70.9 cm³/mol. The summed E-state index contributed by atoms with van der Waals surface area (Å²) in [4.78, 5) is 0. The van der Waals surface area contributed by atoms with Gasteiger partial charge in [-0.3, -0.25) is 5.84 Å². The molecule has 0 bridgehead atoms. The number of furan rings is 1. The maximum Gasteiger partial charge on any atom is 0.125 e. The minimum absolute atomic E-state index is 0.0169. The molecule has 2 unspecified atom stereocenters. The van der Waals surface area contributed by atoms with Crippen LogP contribution in [0.3, 0.4) is 0 Å². The van der Waals surface area contributed by atoms with Crippen LogP contribution in [-0.4, -0.2) is 11.2 Å². The number of nitrogens with one attached hydrogen (secondary N) is 1. The van der Waals surface area contributed by atoms with E-state index in [2.05, 4.69) is 33.1 Å². The summed E-state index contributed by atoms with van der Waals surface area (Å²) in [6.45, 7) is 10.5. The molecule has 1 aromatic rings. The number of hydrazine groups is 1. The largest absolute Gasteiger partial charge is 0.467 e. The van der Waals surface area contributed by atoms with Gasteiger partial charge in [0.05, 0.1) is 23.5 Å². The summed E-state index contributed by atoms with van der Waals surface area (Å²) >= 11 is 0. The van der Waals surface area contributed by atoms with Gasteiger partial charge in [-0.15, -0.1) is 0 Å². The van der Waals surface area contributed by atoms with E-state index in [9.17, 15) is 0 Å². The zero-order valence-corrected chi connectivity index (χ0v) is 11.9. The number of rotatable bonds is 3. The lowest BCUT2D eigenvalue weighted by Gasteiger charge is -2.31. The molecule has 4 nitrogen and oxygen atoms in total. The van der Waals surface area contributed by atoms with Crippen molar-refractivity contribution in [3.63, 3.8) is 0 Å². The van der Waals surface area contributed by atoms with E-state index < -0.39 is 0 Å². The van der Waals surface area contributed by atoms with E-state index in [0.29, 0.717) is 0 Å². The maximum atomic E-state index is 6.13. The molecule has 0 amide bonds. The van der Waals surface area contributed by atoms with Gasteiger partial charge in [0.25, 0.3) is 0 Å². The van der Waals surface area contributed by atoms with Crippen LogP contribution in [0.15, 0.2) is 16.7 Å². The lowest BCUT2D eigenvalue weighted by molar-refractivity contribution is -0.0785. The Morgan fingerprint density at radius 2 is 2.06 bits per heavy atom. The molecule has 1 aliphatic heterocycles. The number of nitrogens with two attached hydrogens (primary N) is 1. The van der Waals surface area contributed by atoms with Crippen molar-refractivity contribution < 1.29 is 9.15 Å². The predicted octanol–water partition coefficient (Wildman–Crippen LogP) is 2.69. The third-order valence-electron chi connectivity index (χ3n) is 3.91. The van der Waals surface area contributed by atoms with E-state index in [1.807, 2.05) is 13.0 Å². The van der Waals surface area contributed by atoms with Gasteiger partial charge >= 0.3 is 0 Å². The van der Waals surface area contributed by atoms with Crippen molar-refractivity contribution in [1.29, 1.82) is 0 Å². The molecule has 2 atom stereocenters. The van der Waals surface area contributed by atoms with E-state index in [1.165, 1.54) is 0 Å². The zero-order chi connectivity index (χ0) is 13.6. The van der Waals surface area contributed by atoms with Gasteiger partial charge in [0.15, 0.2) is 0 Å². The zero-order valence-electron chi connectivity index (χ0n) is 11.9. The third kappa shape index (κ3) is 2.32. The lowest BCUT2D eigenvalue weighted by atomic mass is 9.80. The molecule has 18 heavy (non-hydrogen) atoms. The minimum atomic E-state index is -0.222. The van der Waals surface area contributed by atoms with Gasteiger partial charge in [-0.1, -0.05) is 0 Å². The van der Waals surface area contributed by atoms with Crippen LogP contribution in [0.25, 0.3) is 0 Å². The summed E-state index contributed by atoms with van der Waals surface area (Å²) in [7, 11) is 0. The fourth-order valence-corrected chi connectivity index (χ4v) is 3.20. The first-order chi connectivity index (χ1) is 8.27. The molecule has 0 aromatic carbocycles. The summed E-state index contributed by atoms with van der Waals surface area (Å²) in [6, 6.07) is 1.95.